The third-order valence-corrected chi connectivity index (χ3v) is 3.65. The number of benzene rings is 1. The fourth-order valence-electron chi connectivity index (χ4n) is 2.68. The van der Waals surface area contributed by atoms with E-state index in [4.69, 9.17) is 4.74 Å². The fraction of sp³-hybridized carbons (Fsp3) is 0.600. The molecule has 0 radical (unpaired) electrons. The number of halogens is 2. The molecule has 1 aromatic rings. The lowest BCUT2D eigenvalue weighted by molar-refractivity contribution is 0.0605. The van der Waals surface area contributed by atoms with E-state index in [1.807, 2.05) is 6.92 Å². The summed E-state index contributed by atoms with van der Waals surface area (Å²) in [4.78, 5) is 0. The number of hydrogen-bond donors (Lipinski definition) is 1. The molecular formula is C15H21F2NO. The van der Waals surface area contributed by atoms with Gasteiger partial charge in [0.25, 0.3) is 0 Å². The molecule has 106 valence electrons. The van der Waals surface area contributed by atoms with E-state index < -0.39 is 11.6 Å². The summed E-state index contributed by atoms with van der Waals surface area (Å²) in [5.41, 5.74) is 0.700. The molecule has 0 bridgehead atoms. The Morgan fingerprint density at radius 3 is 2.42 bits per heavy atom. The van der Waals surface area contributed by atoms with Gasteiger partial charge in [-0.25, -0.2) is 8.78 Å². The number of hydrogen-bond acceptors (Lipinski definition) is 2. The molecule has 1 unspecified atom stereocenters. The molecule has 0 aromatic heterocycles. The lowest BCUT2D eigenvalue weighted by atomic mass is 9.89. The third kappa shape index (κ3) is 4.25. The van der Waals surface area contributed by atoms with Crippen LogP contribution >= 0.6 is 0 Å². The standard InChI is InChI=1S/C15H21F2NO/c1-2-18-15(7-11-3-5-19-6-4-11)12-8-13(16)10-14(17)9-12/h8-11,15,18H,2-7H2,1H3. The van der Waals surface area contributed by atoms with Crippen LogP contribution in [0.25, 0.3) is 0 Å². The molecule has 0 aliphatic carbocycles. The van der Waals surface area contributed by atoms with E-state index in [-0.39, 0.29) is 6.04 Å². The van der Waals surface area contributed by atoms with Crippen molar-refractivity contribution in [2.45, 2.75) is 32.2 Å². The van der Waals surface area contributed by atoms with Crippen LogP contribution in [0, 0.1) is 17.6 Å². The van der Waals surface area contributed by atoms with Crippen LogP contribution in [0.5, 0.6) is 0 Å². The van der Waals surface area contributed by atoms with Gasteiger partial charge in [-0.05, 0) is 49.4 Å². The predicted octanol–water partition coefficient (Wildman–Crippen LogP) is 3.43. The zero-order valence-corrected chi connectivity index (χ0v) is 11.3. The van der Waals surface area contributed by atoms with Crippen LogP contribution in [-0.4, -0.2) is 19.8 Å². The van der Waals surface area contributed by atoms with E-state index in [0.29, 0.717) is 11.5 Å². The van der Waals surface area contributed by atoms with Gasteiger partial charge in [-0.3, -0.25) is 0 Å². The van der Waals surface area contributed by atoms with Gasteiger partial charge in [0.15, 0.2) is 0 Å². The smallest absolute Gasteiger partial charge is 0.126 e. The Kier molecular flexibility index (Phi) is 5.28. The van der Waals surface area contributed by atoms with E-state index >= 15 is 0 Å². The summed E-state index contributed by atoms with van der Waals surface area (Å²) in [5.74, 6) is -0.459. The van der Waals surface area contributed by atoms with Gasteiger partial charge in [-0.15, -0.1) is 0 Å². The van der Waals surface area contributed by atoms with E-state index in [1.165, 1.54) is 12.1 Å². The first-order valence-electron chi connectivity index (χ1n) is 6.96. The maximum Gasteiger partial charge on any atom is 0.126 e. The lowest BCUT2D eigenvalue weighted by Crippen LogP contribution is -2.26. The Hall–Kier alpha value is -1.00. The molecule has 1 N–H and O–H groups in total. The highest BCUT2D eigenvalue weighted by atomic mass is 19.1. The summed E-state index contributed by atoms with van der Waals surface area (Å²) in [7, 11) is 0. The highest BCUT2D eigenvalue weighted by Gasteiger charge is 2.20. The predicted molar refractivity (Wildman–Crippen MR) is 70.9 cm³/mol. The van der Waals surface area contributed by atoms with Gasteiger partial charge in [0, 0.05) is 25.3 Å². The van der Waals surface area contributed by atoms with Crippen molar-refractivity contribution in [3.8, 4) is 0 Å². The minimum absolute atomic E-state index is 0.0123. The maximum atomic E-state index is 13.3. The van der Waals surface area contributed by atoms with E-state index in [2.05, 4.69) is 5.32 Å². The molecule has 1 atom stereocenters. The second-order valence-electron chi connectivity index (χ2n) is 5.10. The maximum absolute atomic E-state index is 13.3. The molecule has 1 aromatic carbocycles. The fourth-order valence-corrected chi connectivity index (χ4v) is 2.68. The monoisotopic (exact) mass is 269 g/mol. The third-order valence-electron chi connectivity index (χ3n) is 3.65. The summed E-state index contributed by atoms with van der Waals surface area (Å²) >= 11 is 0. The molecule has 2 nitrogen and oxygen atoms in total. The summed E-state index contributed by atoms with van der Waals surface area (Å²) in [6.45, 7) is 4.38. The molecule has 1 heterocycles. The van der Waals surface area contributed by atoms with Gasteiger partial charge < -0.3 is 10.1 Å². The second kappa shape index (κ2) is 6.96. The zero-order chi connectivity index (χ0) is 13.7. The van der Waals surface area contributed by atoms with Crippen LogP contribution in [0.1, 0.15) is 37.8 Å². The van der Waals surface area contributed by atoms with Crippen molar-refractivity contribution in [2.75, 3.05) is 19.8 Å². The van der Waals surface area contributed by atoms with Crippen LogP contribution in [0.3, 0.4) is 0 Å². The zero-order valence-electron chi connectivity index (χ0n) is 11.3. The molecule has 0 saturated carbocycles. The highest BCUT2D eigenvalue weighted by Crippen LogP contribution is 2.28. The SMILES string of the molecule is CCNC(CC1CCOCC1)c1cc(F)cc(F)c1. The Bertz CT molecular complexity index is 385. The van der Waals surface area contributed by atoms with Crippen molar-refractivity contribution >= 4 is 0 Å². The van der Waals surface area contributed by atoms with Gasteiger partial charge in [-0.2, -0.15) is 0 Å². The molecule has 0 amide bonds. The largest absolute Gasteiger partial charge is 0.381 e. The first kappa shape index (κ1) is 14.4. The van der Waals surface area contributed by atoms with Gasteiger partial charge in [0.2, 0.25) is 0 Å². The first-order valence-corrected chi connectivity index (χ1v) is 6.96. The lowest BCUT2D eigenvalue weighted by Gasteiger charge is -2.27. The number of rotatable bonds is 5. The molecule has 1 aliphatic rings. The molecule has 1 saturated heterocycles. The van der Waals surface area contributed by atoms with Crippen molar-refractivity contribution in [2.24, 2.45) is 5.92 Å². The van der Waals surface area contributed by atoms with Crippen LogP contribution in [0.2, 0.25) is 0 Å². The molecule has 0 spiro atoms. The van der Waals surface area contributed by atoms with E-state index in [9.17, 15) is 8.78 Å². The second-order valence-corrected chi connectivity index (χ2v) is 5.10. The summed E-state index contributed by atoms with van der Waals surface area (Å²) in [6, 6.07) is 3.78. The molecule has 1 aliphatic heterocycles. The molecule has 1 fully saturated rings. The average Bonchev–Trinajstić information content (AvgIpc) is 2.38. The van der Waals surface area contributed by atoms with Crippen LogP contribution in [0.4, 0.5) is 8.78 Å². The van der Waals surface area contributed by atoms with Crippen molar-refractivity contribution in [3.63, 3.8) is 0 Å². The molecular weight excluding hydrogens is 248 g/mol. The summed E-state index contributed by atoms with van der Waals surface area (Å²) in [5, 5.41) is 3.33. The topological polar surface area (TPSA) is 21.3 Å². The van der Waals surface area contributed by atoms with Gasteiger partial charge in [-0.1, -0.05) is 6.92 Å². The van der Waals surface area contributed by atoms with Crippen molar-refractivity contribution in [1.82, 2.24) is 5.32 Å². The Morgan fingerprint density at radius 1 is 1.21 bits per heavy atom. The molecule has 19 heavy (non-hydrogen) atoms. The Balaban J connectivity index is 2.09. The molecule has 2 rings (SSSR count). The van der Waals surface area contributed by atoms with Crippen LogP contribution in [-0.2, 0) is 4.74 Å². The Morgan fingerprint density at radius 2 is 1.84 bits per heavy atom. The van der Waals surface area contributed by atoms with Gasteiger partial charge in [0.1, 0.15) is 11.6 Å². The minimum atomic E-state index is -0.509. The first-order chi connectivity index (χ1) is 9.19. The quantitative estimate of drug-likeness (QED) is 0.884. The number of nitrogens with one attached hydrogen (secondary N) is 1. The summed E-state index contributed by atoms with van der Waals surface area (Å²) in [6.07, 6.45) is 2.96. The van der Waals surface area contributed by atoms with Crippen LogP contribution in [0.15, 0.2) is 18.2 Å². The molecule has 4 heteroatoms. The van der Waals surface area contributed by atoms with E-state index in [1.54, 1.807) is 0 Å². The number of ether oxygens (including phenoxy) is 1. The van der Waals surface area contributed by atoms with Crippen molar-refractivity contribution in [1.29, 1.82) is 0 Å². The Labute approximate surface area is 113 Å². The average molecular weight is 269 g/mol. The summed E-state index contributed by atoms with van der Waals surface area (Å²) < 4.78 is 32.0. The van der Waals surface area contributed by atoms with Crippen molar-refractivity contribution < 1.29 is 13.5 Å². The minimum Gasteiger partial charge on any atom is -0.381 e. The highest BCUT2D eigenvalue weighted by molar-refractivity contribution is 5.21. The normalized spacial score (nSPS) is 18.5. The van der Waals surface area contributed by atoms with Gasteiger partial charge >= 0.3 is 0 Å². The van der Waals surface area contributed by atoms with Crippen molar-refractivity contribution in [3.05, 3.63) is 35.4 Å². The van der Waals surface area contributed by atoms with E-state index in [0.717, 1.165) is 45.1 Å². The van der Waals surface area contributed by atoms with Crippen LogP contribution < -0.4 is 5.32 Å². The van der Waals surface area contributed by atoms with Gasteiger partial charge in [0.05, 0.1) is 0 Å².